The average Bonchev–Trinajstić information content (AvgIpc) is 3.14. The Balaban J connectivity index is 1.57. The second-order valence-corrected chi connectivity index (χ2v) is 8.78. The summed E-state index contributed by atoms with van der Waals surface area (Å²) in [6.45, 7) is 4.26. The molecular weight excluding hydrogens is 432 g/mol. The van der Waals surface area contributed by atoms with Crippen LogP contribution in [0.4, 0.5) is 0 Å². The molecule has 6 nitrogen and oxygen atoms in total. The van der Waals surface area contributed by atoms with E-state index in [0.29, 0.717) is 34.3 Å². The first-order valence-electron chi connectivity index (χ1n) is 11.1. The van der Waals surface area contributed by atoms with Gasteiger partial charge in [0, 0.05) is 11.5 Å². The Morgan fingerprint density at radius 1 is 1.03 bits per heavy atom. The molecule has 34 heavy (non-hydrogen) atoms. The van der Waals surface area contributed by atoms with Gasteiger partial charge in [0.05, 0.1) is 19.1 Å². The molecule has 0 fully saturated rings. The van der Waals surface area contributed by atoms with Gasteiger partial charge in [-0.3, -0.25) is 9.59 Å². The molecule has 1 atom stereocenters. The van der Waals surface area contributed by atoms with Crippen molar-refractivity contribution in [3.8, 4) is 23.0 Å². The highest BCUT2D eigenvalue weighted by molar-refractivity contribution is 6.15. The van der Waals surface area contributed by atoms with Gasteiger partial charge in [-0.05, 0) is 52.9 Å². The minimum absolute atomic E-state index is 0.00304. The molecule has 0 spiro atoms. The van der Waals surface area contributed by atoms with Gasteiger partial charge in [0.15, 0.2) is 17.3 Å². The zero-order valence-electron chi connectivity index (χ0n) is 19.1. The first-order chi connectivity index (χ1) is 16.4. The highest BCUT2D eigenvalue weighted by Gasteiger charge is 2.38. The van der Waals surface area contributed by atoms with Gasteiger partial charge in [-0.1, -0.05) is 44.2 Å². The van der Waals surface area contributed by atoms with Crippen molar-refractivity contribution in [1.82, 2.24) is 0 Å². The van der Waals surface area contributed by atoms with Crippen molar-refractivity contribution < 1.29 is 28.9 Å². The highest BCUT2D eigenvalue weighted by atomic mass is 16.5. The molecule has 2 aliphatic heterocycles. The molecule has 6 heteroatoms. The molecule has 0 bridgehead atoms. The zero-order chi connectivity index (χ0) is 24.0. The largest absolute Gasteiger partial charge is 0.504 e. The third-order valence-corrected chi connectivity index (χ3v) is 6.29. The molecule has 2 aliphatic rings. The molecule has 0 radical (unpaired) electrons. The summed E-state index contributed by atoms with van der Waals surface area (Å²) in [6, 6.07) is 16.2. The van der Waals surface area contributed by atoms with Gasteiger partial charge in [0.1, 0.15) is 11.5 Å². The number of methoxy groups -OCH3 is 1. The lowest BCUT2D eigenvalue weighted by Gasteiger charge is -2.26. The summed E-state index contributed by atoms with van der Waals surface area (Å²) in [6.07, 6.45) is 1.80. The Kier molecular flexibility index (Phi) is 5.36. The fourth-order valence-electron chi connectivity index (χ4n) is 4.43. The van der Waals surface area contributed by atoms with Crippen molar-refractivity contribution in [2.45, 2.75) is 32.1 Å². The lowest BCUT2D eigenvalue weighted by Crippen LogP contribution is -2.21. The summed E-state index contributed by atoms with van der Waals surface area (Å²) in [5.74, 6) is 0.688. The number of carbonyl (C=O) groups excluding carboxylic acids is 2. The number of hydrogen-bond acceptors (Lipinski definition) is 6. The van der Waals surface area contributed by atoms with Crippen LogP contribution in [-0.4, -0.2) is 24.0 Å². The molecule has 0 amide bonds. The van der Waals surface area contributed by atoms with E-state index in [-0.39, 0.29) is 29.7 Å². The maximum atomic E-state index is 13.2. The molecule has 0 aliphatic carbocycles. The van der Waals surface area contributed by atoms with Crippen LogP contribution in [0.15, 0.2) is 60.4 Å². The van der Waals surface area contributed by atoms with E-state index >= 15 is 0 Å². The molecule has 3 aromatic carbocycles. The predicted octanol–water partition coefficient (Wildman–Crippen LogP) is 5.58. The Hall–Kier alpha value is -4.06. The molecule has 2 heterocycles. The van der Waals surface area contributed by atoms with Crippen LogP contribution in [0.1, 0.15) is 64.7 Å². The number of fused-ring (bicyclic) bond motifs is 3. The number of rotatable bonds is 4. The van der Waals surface area contributed by atoms with E-state index in [2.05, 4.69) is 13.8 Å². The maximum absolute atomic E-state index is 13.2. The number of esters is 1. The molecule has 0 aromatic heterocycles. The van der Waals surface area contributed by atoms with E-state index < -0.39 is 5.92 Å². The van der Waals surface area contributed by atoms with Gasteiger partial charge in [-0.25, -0.2) is 0 Å². The second-order valence-electron chi connectivity index (χ2n) is 8.78. The Bertz CT molecular complexity index is 1330. The van der Waals surface area contributed by atoms with E-state index in [1.54, 1.807) is 30.3 Å². The first kappa shape index (κ1) is 21.8. The maximum Gasteiger partial charge on any atom is 0.312 e. The fourth-order valence-corrected chi connectivity index (χ4v) is 4.43. The lowest BCUT2D eigenvalue weighted by atomic mass is 9.84. The van der Waals surface area contributed by atoms with Gasteiger partial charge < -0.3 is 19.3 Å². The summed E-state index contributed by atoms with van der Waals surface area (Å²) in [5.41, 5.74) is 3.89. The van der Waals surface area contributed by atoms with Crippen molar-refractivity contribution in [2.75, 3.05) is 7.11 Å². The van der Waals surface area contributed by atoms with Gasteiger partial charge in [0.25, 0.3) is 0 Å². The van der Waals surface area contributed by atoms with Crippen molar-refractivity contribution in [1.29, 1.82) is 0 Å². The van der Waals surface area contributed by atoms with E-state index in [9.17, 15) is 14.7 Å². The number of phenols is 1. The number of hydrogen-bond donors (Lipinski definition) is 1. The molecule has 172 valence electrons. The predicted molar refractivity (Wildman–Crippen MR) is 127 cm³/mol. The standard InChI is InChI=1S/C28H24O6/c1-15(2)17-6-4-16(5-7-17)12-24-27(31)19-9-11-22-26(28(19)34-24)20(14-25(30)33-22)18-8-10-21(29)23(13-18)32-3/h4-13,15,20,29H,14H2,1-3H3/b24-12-/t20-/m1/s1. The summed E-state index contributed by atoms with van der Waals surface area (Å²) in [5, 5.41) is 10.00. The smallest absolute Gasteiger partial charge is 0.312 e. The van der Waals surface area contributed by atoms with Gasteiger partial charge in [0.2, 0.25) is 5.78 Å². The summed E-state index contributed by atoms with van der Waals surface area (Å²) in [7, 11) is 1.46. The van der Waals surface area contributed by atoms with Gasteiger partial charge >= 0.3 is 5.97 Å². The van der Waals surface area contributed by atoms with Crippen LogP contribution in [0.2, 0.25) is 0 Å². The van der Waals surface area contributed by atoms with Crippen molar-refractivity contribution >= 4 is 17.8 Å². The van der Waals surface area contributed by atoms with Gasteiger partial charge in [-0.2, -0.15) is 0 Å². The zero-order valence-corrected chi connectivity index (χ0v) is 19.1. The minimum atomic E-state index is -0.418. The summed E-state index contributed by atoms with van der Waals surface area (Å²) < 4.78 is 16.8. The number of carbonyl (C=O) groups is 2. The molecule has 0 saturated heterocycles. The number of ketones is 1. The molecular formula is C28H24O6. The number of Topliss-reactive ketones (excluding diaryl/α,β-unsaturated/α-hetero) is 1. The Morgan fingerprint density at radius 2 is 1.79 bits per heavy atom. The topological polar surface area (TPSA) is 82.1 Å². The van der Waals surface area contributed by atoms with Crippen LogP contribution in [0, 0.1) is 0 Å². The molecule has 1 N–H and O–H groups in total. The van der Waals surface area contributed by atoms with E-state index in [0.717, 1.165) is 11.1 Å². The molecule has 0 unspecified atom stereocenters. The number of ether oxygens (including phenoxy) is 3. The monoisotopic (exact) mass is 456 g/mol. The van der Waals surface area contributed by atoms with Crippen LogP contribution in [-0.2, 0) is 4.79 Å². The van der Waals surface area contributed by atoms with E-state index in [1.807, 2.05) is 24.3 Å². The number of allylic oxidation sites excluding steroid dienone is 1. The van der Waals surface area contributed by atoms with Crippen LogP contribution in [0.25, 0.3) is 6.08 Å². The highest BCUT2D eigenvalue weighted by Crippen LogP contribution is 2.49. The van der Waals surface area contributed by atoms with Gasteiger partial charge in [-0.15, -0.1) is 0 Å². The fraction of sp³-hybridized carbons (Fsp3) is 0.214. The Morgan fingerprint density at radius 3 is 2.50 bits per heavy atom. The first-order valence-corrected chi connectivity index (χ1v) is 11.1. The van der Waals surface area contributed by atoms with Crippen LogP contribution >= 0.6 is 0 Å². The van der Waals surface area contributed by atoms with Crippen LogP contribution in [0.5, 0.6) is 23.0 Å². The van der Waals surface area contributed by atoms with Crippen LogP contribution in [0.3, 0.4) is 0 Å². The third kappa shape index (κ3) is 3.71. The summed E-state index contributed by atoms with van der Waals surface area (Å²) in [4.78, 5) is 25.5. The average molecular weight is 456 g/mol. The molecule has 0 saturated carbocycles. The molecule has 5 rings (SSSR count). The Labute approximate surface area is 197 Å². The minimum Gasteiger partial charge on any atom is -0.504 e. The number of aromatic hydroxyl groups is 1. The van der Waals surface area contributed by atoms with E-state index in [4.69, 9.17) is 14.2 Å². The third-order valence-electron chi connectivity index (χ3n) is 6.29. The van der Waals surface area contributed by atoms with Crippen LogP contribution < -0.4 is 14.2 Å². The number of phenolic OH excluding ortho intramolecular Hbond substituents is 1. The molecule has 3 aromatic rings. The SMILES string of the molecule is COc1cc([C@H]2CC(=O)Oc3ccc4c(c32)O/C(=C\c2ccc(C(C)C)cc2)C4=O)ccc1O. The number of benzene rings is 3. The van der Waals surface area contributed by atoms with Crippen molar-refractivity contribution in [3.63, 3.8) is 0 Å². The lowest BCUT2D eigenvalue weighted by molar-refractivity contribution is -0.135. The summed E-state index contributed by atoms with van der Waals surface area (Å²) >= 11 is 0. The quantitative estimate of drug-likeness (QED) is 0.313. The van der Waals surface area contributed by atoms with Crippen molar-refractivity contribution in [3.05, 3.63) is 88.2 Å². The van der Waals surface area contributed by atoms with Crippen molar-refractivity contribution in [2.24, 2.45) is 0 Å². The second kappa shape index (κ2) is 8.37. The normalized spacial score (nSPS) is 17.9. The van der Waals surface area contributed by atoms with E-state index in [1.165, 1.54) is 18.7 Å².